The van der Waals surface area contributed by atoms with E-state index in [0.717, 1.165) is 17.9 Å². The van der Waals surface area contributed by atoms with Gasteiger partial charge in [0.1, 0.15) is 12.4 Å². The molecule has 5 heteroatoms. The number of H-pyrrole nitrogens is 1. The Hall–Kier alpha value is -0.970. The van der Waals surface area contributed by atoms with E-state index in [1.54, 1.807) is 0 Å². The lowest BCUT2D eigenvalue weighted by molar-refractivity contribution is 0.0183. The summed E-state index contributed by atoms with van der Waals surface area (Å²) in [5.41, 5.74) is 2.37. The van der Waals surface area contributed by atoms with Crippen molar-refractivity contribution in [3.63, 3.8) is 0 Å². The number of aromatic nitrogens is 2. The number of rotatable bonds is 5. The molecule has 0 radical (unpaired) electrons. The zero-order chi connectivity index (χ0) is 12.3. The van der Waals surface area contributed by atoms with Crippen LogP contribution in [0.4, 0.5) is 8.78 Å². The van der Waals surface area contributed by atoms with Gasteiger partial charge in [-0.15, -0.1) is 0 Å². The van der Waals surface area contributed by atoms with E-state index in [2.05, 4.69) is 16.9 Å². The molecule has 0 saturated heterocycles. The monoisotopic (exact) mass is 244 g/mol. The molecule has 1 aromatic rings. The van der Waals surface area contributed by atoms with Crippen LogP contribution < -0.4 is 0 Å². The molecule has 0 saturated carbocycles. The molecule has 0 spiro atoms. The fourth-order valence-corrected chi connectivity index (χ4v) is 2.26. The van der Waals surface area contributed by atoms with Crippen molar-refractivity contribution in [3.05, 3.63) is 17.2 Å². The van der Waals surface area contributed by atoms with E-state index in [4.69, 9.17) is 4.74 Å². The Labute approximate surface area is 99.6 Å². The average molecular weight is 244 g/mol. The van der Waals surface area contributed by atoms with Crippen LogP contribution in [0.2, 0.25) is 0 Å². The first-order valence-electron chi connectivity index (χ1n) is 6.10. The van der Waals surface area contributed by atoms with Gasteiger partial charge in [-0.3, -0.25) is 0 Å². The highest BCUT2D eigenvalue weighted by atomic mass is 19.3. The third kappa shape index (κ3) is 3.25. The summed E-state index contributed by atoms with van der Waals surface area (Å²) in [6.07, 6.45) is 1.60. The quantitative estimate of drug-likeness (QED) is 0.809. The van der Waals surface area contributed by atoms with Crippen LogP contribution in [-0.4, -0.2) is 29.6 Å². The number of hydrogen-bond donors (Lipinski definition) is 1. The maximum Gasteiger partial charge on any atom is 0.261 e. The molecule has 1 unspecified atom stereocenters. The van der Waals surface area contributed by atoms with Gasteiger partial charge in [0.2, 0.25) is 0 Å². The van der Waals surface area contributed by atoms with Crippen LogP contribution >= 0.6 is 0 Å². The van der Waals surface area contributed by atoms with Gasteiger partial charge < -0.3 is 9.72 Å². The topological polar surface area (TPSA) is 37.9 Å². The second-order valence-corrected chi connectivity index (χ2v) is 4.56. The second kappa shape index (κ2) is 5.58. The number of fused-ring (bicyclic) bond motifs is 1. The zero-order valence-electron chi connectivity index (χ0n) is 10.0. The fourth-order valence-electron chi connectivity index (χ4n) is 2.26. The summed E-state index contributed by atoms with van der Waals surface area (Å²) in [5.74, 6) is 1.36. The highest BCUT2D eigenvalue weighted by Gasteiger charge is 2.20. The number of nitrogens with one attached hydrogen (secondary N) is 1. The maximum atomic E-state index is 11.8. The molecule has 1 aromatic heterocycles. The van der Waals surface area contributed by atoms with Gasteiger partial charge in [-0.1, -0.05) is 6.92 Å². The van der Waals surface area contributed by atoms with Crippen molar-refractivity contribution in [2.45, 2.75) is 45.0 Å². The molecule has 1 N–H and O–H groups in total. The smallest absolute Gasteiger partial charge is 0.261 e. The number of hydrogen-bond acceptors (Lipinski definition) is 2. The Morgan fingerprint density at radius 1 is 1.53 bits per heavy atom. The number of nitrogens with zero attached hydrogens (tertiary/aromatic N) is 1. The van der Waals surface area contributed by atoms with E-state index >= 15 is 0 Å². The van der Waals surface area contributed by atoms with Crippen LogP contribution in [0.25, 0.3) is 0 Å². The van der Waals surface area contributed by atoms with Crippen LogP contribution in [0.1, 0.15) is 42.9 Å². The first kappa shape index (κ1) is 12.5. The molecule has 1 heterocycles. The van der Waals surface area contributed by atoms with Crippen LogP contribution in [-0.2, 0) is 17.6 Å². The van der Waals surface area contributed by atoms with Crippen molar-refractivity contribution >= 4 is 0 Å². The van der Waals surface area contributed by atoms with Crippen molar-refractivity contribution in [3.8, 4) is 0 Å². The van der Waals surface area contributed by atoms with Crippen molar-refractivity contribution in [1.29, 1.82) is 0 Å². The number of halogens is 2. The Bertz CT molecular complexity index is 365. The molecule has 2 rings (SSSR count). The lowest BCUT2D eigenvalue weighted by Crippen LogP contribution is -2.07. The SMILES string of the molecule is CC1CCCc2[nH]c(CCOCC(F)F)nc21. The molecule has 0 aromatic carbocycles. The van der Waals surface area contributed by atoms with Crippen molar-refractivity contribution in [2.24, 2.45) is 0 Å². The maximum absolute atomic E-state index is 11.8. The minimum Gasteiger partial charge on any atom is -0.375 e. The van der Waals surface area contributed by atoms with Crippen molar-refractivity contribution in [1.82, 2.24) is 9.97 Å². The van der Waals surface area contributed by atoms with Crippen LogP contribution in [0.15, 0.2) is 0 Å². The molecule has 1 aliphatic carbocycles. The molecule has 96 valence electrons. The average Bonchev–Trinajstić information content (AvgIpc) is 2.69. The molecule has 0 aliphatic heterocycles. The van der Waals surface area contributed by atoms with Crippen LogP contribution in [0.3, 0.4) is 0 Å². The summed E-state index contributed by atoms with van der Waals surface area (Å²) in [5, 5.41) is 0. The molecule has 0 amide bonds. The lowest BCUT2D eigenvalue weighted by atomic mass is 9.92. The van der Waals surface area contributed by atoms with Gasteiger partial charge in [0.25, 0.3) is 6.43 Å². The lowest BCUT2D eigenvalue weighted by Gasteiger charge is -2.15. The number of ether oxygens (including phenoxy) is 1. The van der Waals surface area contributed by atoms with E-state index in [-0.39, 0.29) is 0 Å². The number of aryl methyl sites for hydroxylation is 1. The van der Waals surface area contributed by atoms with Crippen molar-refractivity contribution < 1.29 is 13.5 Å². The molecule has 3 nitrogen and oxygen atoms in total. The van der Waals surface area contributed by atoms with Gasteiger partial charge in [-0.25, -0.2) is 13.8 Å². The zero-order valence-corrected chi connectivity index (χ0v) is 10.0. The summed E-state index contributed by atoms with van der Waals surface area (Å²) >= 11 is 0. The summed E-state index contributed by atoms with van der Waals surface area (Å²) in [6.45, 7) is 1.98. The van der Waals surface area contributed by atoms with E-state index in [9.17, 15) is 8.78 Å². The molecular weight excluding hydrogens is 226 g/mol. The Morgan fingerprint density at radius 2 is 2.35 bits per heavy atom. The molecule has 0 fully saturated rings. The summed E-state index contributed by atoms with van der Waals surface area (Å²) in [6, 6.07) is 0. The largest absolute Gasteiger partial charge is 0.375 e. The minimum absolute atomic E-state index is 0.297. The first-order chi connectivity index (χ1) is 8.16. The number of alkyl halides is 2. The number of imidazole rings is 1. The Balaban J connectivity index is 1.85. The summed E-state index contributed by atoms with van der Waals surface area (Å²) in [4.78, 5) is 7.80. The predicted molar refractivity (Wildman–Crippen MR) is 60.5 cm³/mol. The van der Waals surface area contributed by atoms with Gasteiger partial charge in [-0.05, 0) is 19.3 Å². The third-order valence-corrected chi connectivity index (χ3v) is 3.12. The van der Waals surface area contributed by atoms with Crippen LogP contribution in [0, 0.1) is 0 Å². The fraction of sp³-hybridized carbons (Fsp3) is 0.750. The Morgan fingerprint density at radius 3 is 3.06 bits per heavy atom. The standard InChI is InChI=1S/C12H18F2N2O/c1-8-3-2-4-9-12(8)16-11(15-9)5-6-17-7-10(13)14/h8,10H,2-7H2,1H3,(H,15,16). The van der Waals surface area contributed by atoms with Gasteiger partial charge in [0, 0.05) is 18.0 Å². The third-order valence-electron chi connectivity index (χ3n) is 3.12. The number of aromatic amines is 1. The van der Waals surface area contributed by atoms with Gasteiger partial charge >= 0.3 is 0 Å². The summed E-state index contributed by atoms with van der Waals surface area (Å²) in [7, 11) is 0. The van der Waals surface area contributed by atoms with Crippen LogP contribution in [0.5, 0.6) is 0 Å². The first-order valence-corrected chi connectivity index (χ1v) is 6.10. The van der Waals surface area contributed by atoms with E-state index < -0.39 is 13.0 Å². The van der Waals surface area contributed by atoms with E-state index in [1.807, 2.05) is 0 Å². The van der Waals surface area contributed by atoms with Gasteiger partial charge in [-0.2, -0.15) is 0 Å². The molecule has 1 atom stereocenters. The molecule has 17 heavy (non-hydrogen) atoms. The normalized spacial score (nSPS) is 19.6. The van der Waals surface area contributed by atoms with E-state index in [0.29, 0.717) is 18.9 Å². The molecule has 1 aliphatic rings. The van der Waals surface area contributed by atoms with Crippen molar-refractivity contribution in [2.75, 3.05) is 13.2 Å². The predicted octanol–water partition coefficient (Wildman–Crippen LogP) is 2.67. The van der Waals surface area contributed by atoms with Gasteiger partial charge in [0.05, 0.1) is 12.3 Å². The molecule has 0 bridgehead atoms. The Kier molecular flexibility index (Phi) is 4.10. The summed E-state index contributed by atoms with van der Waals surface area (Å²) < 4.78 is 28.5. The highest BCUT2D eigenvalue weighted by molar-refractivity contribution is 5.21. The molecular formula is C12H18F2N2O. The van der Waals surface area contributed by atoms with Gasteiger partial charge in [0.15, 0.2) is 0 Å². The van der Waals surface area contributed by atoms with E-state index in [1.165, 1.54) is 18.5 Å². The minimum atomic E-state index is -2.39. The second-order valence-electron chi connectivity index (χ2n) is 4.56. The highest BCUT2D eigenvalue weighted by Crippen LogP contribution is 2.29.